The van der Waals surface area contributed by atoms with Gasteiger partial charge in [-0.25, -0.2) is 4.79 Å². The number of thioether (sulfide) groups is 1. The van der Waals surface area contributed by atoms with Crippen molar-refractivity contribution in [3.63, 3.8) is 0 Å². The summed E-state index contributed by atoms with van der Waals surface area (Å²) in [5.74, 6) is -1.39. The quantitative estimate of drug-likeness (QED) is 0.586. The van der Waals surface area contributed by atoms with E-state index in [0.29, 0.717) is 16.0 Å². The molecule has 2 aromatic carbocycles. The van der Waals surface area contributed by atoms with Crippen molar-refractivity contribution in [2.24, 2.45) is 0 Å². The summed E-state index contributed by atoms with van der Waals surface area (Å²) in [7, 11) is 1.43. The molecule has 0 spiro atoms. The fourth-order valence-corrected chi connectivity index (χ4v) is 3.99. The van der Waals surface area contributed by atoms with E-state index in [2.05, 4.69) is 0 Å². The van der Waals surface area contributed by atoms with E-state index in [1.54, 1.807) is 48.5 Å². The molecule has 1 saturated heterocycles. The molecule has 1 atom stereocenters. The molecule has 138 valence electrons. The van der Waals surface area contributed by atoms with E-state index in [1.807, 2.05) is 0 Å². The maximum atomic E-state index is 12.9. The summed E-state index contributed by atoms with van der Waals surface area (Å²) in [6, 6.07) is 11.9. The van der Waals surface area contributed by atoms with Gasteiger partial charge in [-0.3, -0.25) is 9.69 Å². The van der Waals surface area contributed by atoms with Crippen molar-refractivity contribution in [3.8, 4) is 11.5 Å². The number of carbonyl (C=O) groups excluding carboxylic acids is 1. The average molecular weight is 401 g/mol. The molecular weight excluding hydrogens is 386 g/mol. The molecule has 27 heavy (non-hydrogen) atoms. The van der Waals surface area contributed by atoms with Gasteiger partial charge in [0.1, 0.15) is 4.32 Å². The number of hydrogen-bond donors (Lipinski definition) is 2. The monoisotopic (exact) mass is 401 g/mol. The van der Waals surface area contributed by atoms with E-state index in [0.717, 1.165) is 16.7 Å². The van der Waals surface area contributed by atoms with Crippen LogP contribution in [-0.2, 0) is 9.59 Å². The largest absolute Gasteiger partial charge is 0.504 e. The van der Waals surface area contributed by atoms with Crippen LogP contribution in [0.25, 0.3) is 6.08 Å². The minimum absolute atomic E-state index is 0.0165. The Bertz CT molecular complexity index is 942. The number of amides is 1. The fraction of sp³-hybridized carbons (Fsp3) is 0.105. The van der Waals surface area contributed by atoms with Gasteiger partial charge in [0.05, 0.1) is 12.0 Å². The summed E-state index contributed by atoms with van der Waals surface area (Å²) in [5.41, 5.74) is 1.09. The number of nitrogens with zero attached hydrogens (tertiary/aromatic N) is 1. The lowest BCUT2D eigenvalue weighted by atomic mass is 10.1. The molecule has 0 aromatic heterocycles. The molecule has 1 fully saturated rings. The molecule has 1 amide bonds. The summed E-state index contributed by atoms with van der Waals surface area (Å²) < 4.78 is 5.24. The Morgan fingerprint density at radius 3 is 2.59 bits per heavy atom. The highest BCUT2D eigenvalue weighted by Crippen LogP contribution is 2.39. The number of phenols is 1. The first-order chi connectivity index (χ1) is 12.9. The molecule has 0 aliphatic carbocycles. The predicted molar refractivity (Wildman–Crippen MR) is 106 cm³/mol. The zero-order valence-electron chi connectivity index (χ0n) is 14.2. The number of aromatic hydroxyl groups is 1. The second kappa shape index (κ2) is 7.81. The molecule has 2 N–H and O–H groups in total. The number of phenolic OH excluding ortho intramolecular Hbond substituents is 1. The van der Waals surface area contributed by atoms with E-state index in [9.17, 15) is 19.8 Å². The second-order valence-electron chi connectivity index (χ2n) is 5.63. The SMILES string of the molecule is COc1cc(/C=C2/SC(=S)N([C@@H](C(=O)O)c3ccccc3)C2=O)ccc1O. The Balaban J connectivity index is 1.96. The molecule has 1 heterocycles. The first-order valence-corrected chi connectivity index (χ1v) is 9.06. The molecule has 1 aliphatic heterocycles. The number of carboxylic acid groups (broad SMARTS) is 1. The van der Waals surface area contributed by atoms with E-state index in [-0.39, 0.29) is 15.8 Å². The minimum atomic E-state index is -1.20. The second-order valence-corrected chi connectivity index (χ2v) is 7.31. The third-order valence-corrected chi connectivity index (χ3v) is 5.26. The lowest BCUT2D eigenvalue weighted by Gasteiger charge is -2.23. The smallest absolute Gasteiger partial charge is 0.331 e. The van der Waals surface area contributed by atoms with Crippen LogP contribution in [0.5, 0.6) is 11.5 Å². The van der Waals surface area contributed by atoms with E-state index in [4.69, 9.17) is 17.0 Å². The number of aliphatic carboxylic acids is 1. The van der Waals surface area contributed by atoms with Gasteiger partial charge in [0.15, 0.2) is 17.5 Å². The van der Waals surface area contributed by atoms with Crippen LogP contribution in [0.4, 0.5) is 0 Å². The molecule has 6 nitrogen and oxygen atoms in total. The van der Waals surface area contributed by atoms with Gasteiger partial charge in [0, 0.05) is 0 Å². The Morgan fingerprint density at radius 1 is 1.26 bits per heavy atom. The van der Waals surface area contributed by atoms with Crippen molar-refractivity contribution in [2.45, 2.75) is 6.04 Å². The van der Waals surface area contributed by atoms with Crippen molar-refractivity contribution < 1.29 is 24.5 Å². The standard InChI is InChI=1S/C19H15NO5S2/c1-25-14-9-11(7-8-13(14)21)10-15-17(22)20(19(26)27-15)16(18(23)24)12-5-3-2-4-6-12/h2-10,16,21H,1H3,(H,23,24)/b15-10+/t16-/m1/s1. The number of rotatable bonds is 5. The molecule has 0 saturated carbocycles. The van der Waals surface area contributed by atoms with Gasteiger partial charge in [-0.05, 0) is 29.3 Å². The zero-order chi connectivity index (χ0) is 19.6. The number of benzene rings is 2. The molecule has 8 heteroatoms. The lowest BCUT2D eigenvalue weighted by molar-refractivity contribution is -0.145. The van der Waals surface area contributed by atoms with Crippen LogP contribution in [-0.4, -0.2) is 38.4 Å². The molecule has 0 bridgehead atoms. The zero-order valence-corrected chi connectivity index (χ0v) is 15.8. The molecular formula is C19H15NO5S2. The predicted octanol–water partition coefficient (Wildman–Crippen LogP) is 3.43. The lowest BCUT2D eigenvalue weighted by Crippen LogP contribution is -2.37. The van der Waals surface area contributed by atoms with Crippen LogP contribution in [0.15, 0.2) is 53.4 Å². The summed E-state index contributed by atoms with van der Waals surface area (Å²) in [6.07, 6.45) is 1.59. The van der Waals surface area contributed by atoms with Crippen molar-refractivity contribution in [1.82, 2.24) is 4.90 Å². The first kappa shape index (κ1) is 18.9. The fourth-order valence-electron chi connectivity index (χ4n) is 2.68. The van der Waals surface area contributed by atoms with Gasteiger partial charge in [0.2, 0.25) is 0 Å². The molecule has 1 aliphatic rings. The maximum absolute atomic E-state index is 12.9. The summed E-state index contributed by atoms with van der Waals surface area (Å²) >= 11 is 6.31. The van der Waals surface area contributed by atoms with Crippen LogP contribution in [0.2, 0.25) is 0 Å². The number of methoxy groups -OCH3 is 1. The highest BCUT2D eigenvalue weighted by atomic mass is 32.2. The topological polar surface area (TPSA) is 87.1 Å². The minimum Gasteiger partial charge on any atom is -0.504 e. The van der Waals surface area contributed by atoms with Gasteiger partial charge in [-0.2, -0.15) is 0 Å². The van der Waals surface area contributed by atoms with Gasteiger partial charge in [0.25, 0.3) is 5.91 Å². The highest BCUT2D eigenvalue weighted by Gasteiger charge is 2.41. The molecule has 0 unspecified atom stereocenters. The number of carbonyl (C=O) groups is 2. The van der Waals surface area contributed by atoms with E-state index < -0.39 is 17.9 Å². The summed E-state index contributed by atoms with van der Waals surface area (Å²) in [6.45, 7) is 0. The number of hydrogen-bond acceptors (Lipinski definition) is 6. The Kier molecular flexibility index (Phi) is 5.48. The average Bonchev–Trinajstić information content (AvgIpc) is 2.92. The highest BCUT2D eigenvalue weighted by molar-refractivity contribution is 8.26. The summed E-state index contributed by atoms with van der Waals surface area (Å²) in [4.78, 5) is 26.1. The van der Waals surface area contributed by atoms with Crippen molar-refractivity contribution in [2.75, 3.05) is 7.11 Å². The van der Waals surface area contributed by atoms with Gasteiger partial charge < -0.3 is 14.9 Å². The van der Waals surface area contributed by atoms with Crippen molar-refractivity contribution >= 4 is 46.3 Å². The molecule has 0 radical (unpaired) electrons. The van der Waals surface area contributed by atoms with Crippen molar-refractivity contribution in [3.05, 3.63) is 64.6 Å². The summed E-state index contributed by atoms with van der Waals surface area (Å²) in [5, 5.41) is 19.4. The van der Waals surface area contributed by atoms with Crippen LogP contribution >= 0.6 is 24.0 Å². The number of carboxylic acids is 1. The first-order valence-electron chi connectivity index (χ1n) is 7.84. The Hall–Kier alpha value is -2.84. The molecule has 3 rings (SSSR count). The van der Waals surface area contributed by atoms with Gasteiger partial charge in [-0.1, -0.05) is 60.4 Å². The molecule has 2 aromatic rings. The number of ether oxygens (including phenoxy) is 1. The van der Waals surface area contributed by atoms with E-state index in [1.165, 1.54) is 13.2 Å². The maximum Gasteiger partial charge on any atom is 0.331 e. The van der Waals surface area contributed by atoms with Gasteiger partial charge in [-0.15, -0.1) is 0 Å². The third kappa shape index (κ3) is 3.81. The Morgan fingerprint density at radius 2 is 1.96 bits per heavy atom. The normalized spacial score (nSPS) is 16.6. The van der Waals surface area contributed by atoms with Crippen LogP contribution in [0.1, 0.15) is 17.2 Å². The van der Waals surface area contributed by atoms with Crippen LogP contribution < -0.4 is 4.74 Å². The van der Waals surface area contributed by atoms with E-state index >= 15 is 0 Å². The van der Waals surface area contributed by atoms with Gasteiger partial charge >= 0.3 is 5.97 Å². The number of thiocarbonyl (C=S) groups is 1. The van der Waals surface area contributed by atoms with Crippen LogP contribution in [0.3, 0.4) is 0 Å². The van der Waals surface area contributed by atoms with Crippen molar-refractivity contribution in [1.29, 1.82) is 0 Å². The Labute approximate surface area is 165 Å². The van der Waals surface area contributed by atoms with Crippen LogP contribution in [0, 0.1) is 0 Å². The third-order valence-electron chi connectivity index (χ3n) is 3.93.